The number of carbonyl (C=O) groups excluding carboxylic acids is 1. The van der Waals surface area contributed by atoms with E-state index in [1.807, 2.05) is 12.3 Å². The zero-order valence-electron chi connectivity index (χ0n) is 5.97. The Morgan fingerprint density at radius 2 is 2.27 bits per heavy atom. The summed E-state index contributed by atoms with van der Waals surface area (Å²) in [4.78, 5) is 9.46. The molecule has 0 radical (unpaired) electrons. The average molecular weight is 198 g/mol. The van der Waals surface area contributed by atoms with Crippen molar-refractivity contribution >= 4 is 34.9 Å². The molecule has 0 atom stereocenters. The van der Waals surface area contributed by atoms with Crippen molar-refractivity contribution in [3.8, 4) is 0 Å². The van der Waals surface area contributed by atoms with Gasteiger partial charge in [-0.3, -0.25) is 0 Å². The molecule has 0 saturated heterocycles. The molecule has 0 saturated carbocycles. The lowest BCUT2D eigenvalue weighted by Crippen LogP contribution is -2.26. The van der Waals surface area contributed by atoms with Gasteiger partial charge in [0.15, 0.2) is 0 Å². The van der Waals surface area contributed by atoms with Crippen LogP contribution in [-0.2, 0) is 0 Å². The predicted octanol–water partition coefficient (Wildman–Crippen LogP) is 1.22. The Labute approximate surface area is 74.7 Å². The molecule has 64 valence electrons. The highest BCUT2D eigenvalue weighted by atomic mass is 35.5. The summed E-state index contributed by atoms with van der Waals surface area (Å²) in [7, 11) is 0. The molecule has 0 rings (SSSR count). The molecule has 0 heterocycles. The van der Waals surface area contributed by atoms with Gasteiger partial charge in [-0.2, -0.15) is 5.10 Å². The molecule has 2 amide bonds. The number of nitrogens with zero attached hydrogens (tertiary/aromatic N) is 1. The summed E-state index contributed by atoms with van der Waals surface area (Å²) >= 11 is 10.9. The number of carbonyl (C=O) groups is 1. The van der Waals surface area contributed by atoms with Gasteiger partial charge >= 0.3 is 6.03 Å². The van der Waals surface area contributed by atoms with E-state index in [1.54, 1.807) is 0 Å². The van der Waals surface area contributed by atoms with Gasteiger partial charge in [-0.1, -0.05) is 30.1 Å². The molecular formula is C5H9Cl2N3O. The summed E-state index contributed by atoms with van der Waals surface area (Å²) in [6, 6.07) is -0.732. The molecule has 0 fully saturated rings. The van der Waals surface area contributed by atoms with E-state index in [4.69, 9.17) is 28.9 Å². The highest BCUT2D eigenvalue weighted by Gasteiger charge is 2.06. The smallest absolute Gasteiger partial charge is 0.332 e. The van der Waals surface area contributed by atoms with E-state index in [-0.39, 0.29) is 0 Å². The SMILES string of the molecule is CC/C(=N/NC(N)=O)C(Cl)Cl. The van der Waals surface area contributed by atoms with Crippen molar-refractivity contribution in [3.05, 3.63) is 0 Å². The number of primary amides is 1. The molecule has 0 aliphatic heterocycles. The third-order valence-corrected chi connectivity index (χ3v) is 1.43. The van der Waals surface area contributed by atoms with E-state index in [0.29, 0.717) is 12.1 Å². The van der Waals surface area contributed by atoms with Crippen molar-refractivity contribution in [3.63, 3.8) is 0 Å². The van der Waals surface area contributed by atoms with Gasteiger partial charge in [0.1, 0.15) is 4.84 Å². The van der Waals surface area contributed by atoms with E-state index >= 15 is 0 Å². The van der Waals surface area contributed by atoms with Crippen LogP contribution in [0.25, 0.3) is 0 Å². The minimum Gasteiger partial charge on any atom is -0.350 e. The Morgan fingerprint density at radius 3 is 2.55 bits per heavy atom. The van der Waals surface area contributed by atoms with Crippen LogP contribution >= 0.6 is 23.2 Å². The number of hydrazone groups is 1. The molecule has 11 heavy (non-hydrogen) atoms. The van der Waals surface area contributed by atoms with E-state index in [1.165, 1.54) is 0 Å². The zero-order chi connectivity index (χ0) is 8.85. The summed E-state index contributed by atoms with van der Waals surface area (Å²) in [5.74, 6) is 0. The Morgan fingerprint density at radius 1 is 1.73 bits per heavy atom. The van der Waals surface area contributed by atoms with Crippen LogP contribution in [0.1, 0.15) is 13.3 Å². The Hall–Kier alpha value is -0.480. The van der Waals surface area contributed by atoms with Crippen molar-refractivity contribution in [2.45, 2.75) is 18.2 Å². The lowest BCUT2D eigenvalue weighted by molar-refractivity contribution is 0.249. The molecule has 0 unspecified atom stereocenters. The number of urea groups is 1. The molecule has 0 aliphatic carbocycles. The monoisotopic (exact) mass is 197 g/mol. The van der Waals surface area contributed by atoms with Gasteiger partial charge in [-0.25, -0.2) is 10.2 Å². The number of nitrogens with two attached hydrogens (primary N) is 1. The Bertz CT molecular complexity index is 169. The summed E-state index contributed by atoms with van der Waals surface area (Å²) in [6.07, 6.45) is 0.567. The minimum absolute atomic E-state index is 0.479. The van der Waals surface area contributed by atoms with E-state index < -0.39 is 10.9 Å². The second kappa shape index (κ2) is 5.21. The highest BCUT2D eigenvalue weighted by molar-refractivity contribution is 6.54. The van der Waals surface area contributed by atoms with Crippen LogP contribution < -0.4 is 11.2 Å². The third kappa shape index (κ3) is 4.86. The van der Waals surface area contributed by atoms with Gasteiger partial charge in [0.25, 0.3) is 0 Å². The van der Waals surface area contributed by atoms with Gasteiger partial charge in [0.2, 0.25) is 0 Å². The first-order chi connectivity index (χ1) is 5.07. The van der Waals surface area contributed by atoms with Crippen molar-refractivity contribution < 1.29 is 4.79 Å². The fourth-order valence-electron chi connectivity index (χ4n) is 0.409. The van der Waals surface area contributed by atoms with Crippen LogP contribution in [0.3, 0.4) is 0 Å². The molecule has 6 heteroatoms. The number of amides is 2. The Kier molecular flexibility index (Phi) is 4.98. The number of rotatable bonds is 3. The van der Waals surface area contributed by atoms with Gasteiger partial charge < -0.3 is 5.73 Å². The molecule has 0 aromatic heterocycles. The molecule has 0 spiro atoms. The van der Waals surface area contributed by atoms with E-state index in [2.05, 4.69) is 5.10 Å². The molecule has 4 nitrogen and oxygen atoms in total. The van der Waals surface area contributed by atoms with Crippen LogP contribution in [0.5, 0.6) is 0 Å². The summed E-state index contributed by atoms with van der Waals surface area (Å²) in [6.45, 7) is 1.82. The number of hydrogen-bond donors (Lipinski definition) is 2. The van der Waals surface area contributed by atoms with Gasteiger partial charge in [0.05, 0.1) is 5.71 Å². The van der Waals surface area contributed by atoms with Crippen LogP contribution in [0.15, 0.2) is 5.10 Å². The minimum atomic E-state index is -0.732. The fourth-order valence-corrected chi connectivity index (χ4v) is 0.815. The van der Waals surface area contributed by atoms with Crippen molar-refractivity contribution in [1.29, 1.82) is 0 Å². The Balaban J connectivity index is 4.01. The summed E-state index contributed by atoms with van der Waals surface area (Å²) in [5, 5.41) is 3.57. The van der Waals surface area contributed by atoms with Crippen LogP contribution in [0.2, 0.25) is 0 Å². The van der Waals surface area contributed by atoms with Crippen molar-refractivity contribution in [2.24, 2.45) is 10.8 Å². The highest BCUT2D eigenvalue weighted by Crippen LogP contribution is 2.06. The third-order valence-electron chi connectivity index (χ3n) is 0.924. The first kappa shape index (κ1) is 10.5. The lowest BCUT2D eigenvalue weighted by Gasteiger charge is -2.02. The standard InChI is InChI=1S/C5H9Cl2N3O/c1-2-3(4(6)7)9-10-5(8)11/h4H,2H2,1H3,(H3,8,10,11)/b9-3-. The van der Waals surface area contributed by atoms with Crippen molar-refractivity contribution in [2.75, 3.05) is 0 Å². The molecule has 0 aromatic rings. The maximum Gasteiger partial charge on any atom is 0.332 e. The first-order valence-corrected chi connectivity index (χ1v) is 3.85. The number of nitrogens with one attached hydrogen (secondary N) is 1. The number of alkyl halides is 2. The molecular weight excluding hydrogens is 189 g/mol. The van der Waals surface area contributed by atoms with Crippen LogP contribution in [0.4, 0.5) is 4.79 Å². The maximum absolute atomic E-state index is 10.2. The molecule has 0 aromatic carbocycles. The predicted molar refractivity (Wildman–Crippen MR) is 45.9 cm³/mol. The lowest BCUT2D eigenvalue weighted by atomic mass is 10.3. The number of hydrogen-bond acceptors (Lipinski definition) is 2. The summed E-state index contributed by atoms with van der Waals surface area (Å²) in [5.41, 5.74) is 7.27. The first-order valence-electron chi connectivity index (χ1n) is 2.98. The quantitative estimate of drug-likeness (QED) is 0.399. The van der Waals surface area contributed by atoms with Gasteiger partial charge in [-0.15, -0.1) is 0 Å². The van der Waals surface area contributed by atoms with Gasteiger partial charge in [0, 0.05) is 0 Å². The van der Waals surface area contributed by atoms with Crippen molar-refractivity contribution in [1.82, 2.24) is 5.43 Å². The topological polar surface area (TPSA) is 67.5 Å². The maximum atomic E-state index is 10.2. The molecule has 0 aliphatic rings. The summed E-state index contributed by atoms with van der Waals surface area (Å²) < 4.78 is 0. The van der Waals surface area contributed by atoms with Crippen LogP contribution in [0, 0.1) is 0 Å². The average Bonchev–Trinajstić information content (AvgIpc) is 1.87. The zero-order valence-corrected chi connectivity index (χ0v) is 7.49. The second-order valence-corrected chi connectivity index (χ2v) is 2.83. The largest absolute Gasteiger partial charge is 0.350 e. The van der Waals surface area contributed by atoms with Crippen LogP contribution in [-0.4, -0.2) is 16.6 Å². The fraction of sp³-hybridized carbons (Fsp3) is 0.600. The molecule has 3 N–H and O–H groups in total. The molecule has 0 bridgehead atoms. The second-order valence-electron chi connectivity index (χ2n) is 1.73. The normalized spacial score (nSPS) is 11.8. The van der Waals surface area contributed by atoms with Gasteiger partial charge in [-0.05, 0) is 6.42 Å². The van der Waals surface area contributed by atoms with E-state index in [9.17, 15) is 4.79 Å². The van der Waals surface area contributed by atoms with E-state index in [0.717, 1.165) is 0 Å². The number of halogens is 2.